The molecule has 1 fully saturated rings. The minimum absolute atomic E-state index is 0.293. The topological polar surface area (TPSA) is 90.8 Å². The van der Waals surface area contributed by atoms with Crippen molar-refractivity contribution in [3.63, 3.8) is 0 Å². The quantitative estimate of drug-likeness (QED) is 0.489. The summed E-state index contributed by atoms with van der Waals surface area (Å²) >= 11 is 0. The van der Waals surface area contributed by atoms with Crippen LogP contribution < -0.4 is 4.90 Å². The number of imide groups is 1. The van der Waals surface area contributed by atoms with E-state index in [1.165, 1.54) is 6.42 Å². The number of piperidine rings is 1. The molecule has 0 aliphatic carbocycles. The zero-order valence-electron chi connectivity index (χ0n) is 18.0. The molecule has 3 aromatic rings. The highest BCUT2D eigenvalue weighted by atomic mass is 16.4. The molecule has 33 heavy (non-hydrogen) atoms. The number of rotatable bonds is 4. The zero-order chi connectivity index (χ0) is 22.9. The molecule has 0 unspecified atom stereocenters. The zero-order valence-corrected chi connectivity index (χ0v) is 18.0. The van der Waals surface area contributed by atoms with Gasteiger partial charge in [0, 0.05) is 35.2 Å². The van der Waals surface area contributed by atoms with Gasteiger partial charge in [0.2, 0.25) is 0 Å². The average Bonchev–Trinajstić information content (AvgIpc) is 2.84. The number of aliphatic carboxylic acids is 1. The number of benzene rings is 2. The first-order valence-corrected chi connectivity index (χ1v) is 11.1. The Balaban J connectivity index is 1.70. The lowest BCUT2D eigenvalue weighted by molar-refractivity contribution is -0.141. The summed E-state index contributed by atoms with van der Waals surface area (Å²) in [7, 11) is 0. The summed E-state index contributed by atoms with van der Waals surface area (Å²) in [6.07, 6.45) is 5.09. The van der Waals surface area contributed by atoms with Crippen molar-refractivity contribution in [1.29, 1.82) is 0 Å². The first-order chi connectivity index (χ1) is 16.0. The van der Waals surface area contributed by atoms with Crippen molar-refractivity contribution >= 4 is 46.2 Å². The van der Waals surface area contributed by atoms with E-state index in [0.29, 0.717) is 16.7 Å². The second-order valence-corrected chi connectivity index (χ2v) is 8.34. The SMILES string of the molecule is O=C(O)CN1C(=O)C(=Cc2cc3ccccc3nc2N2CCCCC2)c2ccccc2C1=O. The molecule has 5 rings (SSSR count). The Morgan fingerprint density at radius 1 is 0.939 bits per heavy atom. The van der Waals surface area contributed by atoms with Crippen molar-refractivity contribution in [3.8, 4) is 0 Å². The third kappa shape index (κ3) is 3.86. The minimum Gasteiger partial charge on any atom is -0.480 e. The third-order valence-electron chi connectivity index (χ3n) is 6.15. The van der Waals surface area contributed by atoms with Gasteiger partial charge in [0.1, 0.15) is 12.4 Å². The molecule has 3 heterocycles. The van der Waals surface area contributed by atoms with Gasteiger partial charge < -0.3 is 10.0 Å². The Hall–Kier alpha value is -4.00. The summed E-state index contributed by atoms with van der Waals surface area (Å²) in [5.74, 6) is -1.65. The Morgan fingerprint density at radius 3 is 2.39 bits per heavy atom. The van der Waals surface area contributed by atoms with Crippen LogP contribution in [0.3, 0.4) is 0 Å². The normalized spacial score (nSPS) is 17.5. The summed E-state index contributed by atoms with van der Waals surface area (Å²) < 4.78 is 0. The van der Waals surface area contributed by atoms with Gasteiger partial charge in [0.15, 0.2) is 0 Å². The lowest BCUT2D eigenvalue weighted by Crippen LogP contribution is -2.44. The lowest BCUT2D eigenvalue weighted by atomic mass is 9.91. The Labute approximate surface area is 191 Å². The first kappa shape index (κ1) is 20.9. The lowest BCUT2D eigenvalue weighted by Gasteiger charge is -2.30. The maximum Gasteiger partial charge on any atom is 0.323 e. The van der Waals surface area contributed by atoms with Gasteiger partial charge in [-0.25, -0.2) is 4.98 Å². The van der Waals surface area contributed by atoms with Crippen LogP contribution >= 0.6 is 0 Å². The number of fused-ring (bicyclic) bond motifs is 2. The summed E-state index contributed by atoms with van der Waals surface area (Å²) in [4.78, 5) is 45.5. The molecule has 0 atom stereocenters. The number of hydrogen-bond donors (Lipinski definition) is 1. The van der Waals surface area contributed by atoms with Crippen molar-refractivity contribution < 1.29 is 19.5 Å². The van der Waals surface area contributed by atoms with Crippen molar-refractivity contribution in [2.75, 3.05) is 24.5 Å². The number of anilines is 1. The second kappa shape index (κ2) is 8.50. The van der Waals surface area contributed by atoms with Crippen LogP contribution in [0.4, 0.5) is 5.82 Å². The highest BCUT2D eigenvalue weighted by Gasteiger charge is 2.36. The molecule has 2 amide bonds. The van der Waals surface area contributed by atoms with Gasteiger partial charge in [-0.05, 0) is 49.1 Å². The van der Waals surface area contributed by atoms with E-state index in [2.05, 4.69) is 4.90 Å². The molecular weight excluding hydrogens is 418 g/mol. The van der Waals surface area contributed by atoms with Crippen LogP contribution in [0.15, 0.2) is 54.6 Å². The molecule has 2 aromatic carbocycles. The second-order valence-electron chi connectivity index (χ2n) is 8.34. The molecule has 166 valence electrons. The van der Waals surface area contributed by atoms with Gasteiger partial charge in [-0.1, -0.05) is 36.4 Å². The molecule has 1 N–H and O–H groups in total. The van der Waals surface area contributed by atoms with Crippen LogP contribution in [-0.2, 0) is 9.59 Å². The molecule has 0 radical (unpaired) electrons. The van der Waals surface area contributed by atoms with Crippen molar-refractivity contribution in [2.45, 2.75) is 19.3 Å². The highest BCUT2D eigenvalue weighted by molar-refractivity contribution is 6.34. The Kier molecular flexibility index (Phi) is 5.38. The van der Waals surface area contributed by atoms with Crippen LogP contribution in [0.2, 0.25) is 0 Å². The number of carbonyl (C=O) groups is 3. The number of carboxylic acid groups (broad SMARTS) is 1. The molecule has 0 bridgehead atoms. The van der Waals surface area contributed by atoms with E-state index in [4.69, 9.17) is 4.98 Å². The van der Waals surface area contributed by atoms with Crippen LogP contribution in [0.5, 0.6) is 0 Å². The van der Waals surface area contributed by atoms with E-state index in [1.54, 1.807) is 30.3 Å². The molecule has 1 aromatic heterocycles. The van der Waals surface area contributed by atoms with Gasteiger partial charge in [-0.15, -0.1) is 0 Å². The average molecular weight is 441 g/mol. The smallest absolute Gasteiger partial charge is 0.323 e. The fourth-order valence-electron chi connectivity index (χ4n) is 4.56. The Morgan fingerprint density at radius 2 is 1.64 bits per heavy atom. The van der Waals surface area contributed by atoms with Gasteiger partial charge in [0.05, 0.1) is 5.52 Å². The molecule has 1 saturated heterocycles. The van der Waals surface area contributed by atoms with Crippen LogP contribution in [0.25, 0.3) is 22.6 Å². The summed E-state index contributed by atoms with van der Waals surface area (Å²) in [6.45, 7) is 1.09. The molecule has 0 saturated carbocycles. The number of carbonyl (C=O) groups excluding carboxylic acids is 2. The monoisotopic (exact) mass is 441 g/mol. The fourth-order valence-corrected chi connectivity index (χ4v) is 4.56. The molecular formula is C26H23N3O4. The van der Waals surface area contributed by atoms with Gasteiger partial charge in [-0.3, -0.25) is 19.3 Å². The van der Waals surface area contributed by atoms with E-state index in [-0.39, 0.29) is 0 Å². The van der Waals surface area contributed by atoms with Gasteiger partial charge >= 0.3 is 5.97 Å². The number of amides is 2. The highest BCUT2D eigenvalue weighted by Crippen LogP contribution is 2.34. The molecule has 2 aliphatic heterocycles. The van der Waals surface area contributed by atoms with E-state index in [9.17, 15) is 19.5 Å². The summed E-state index contributed by atoms with van der Waals surface area (Å²) in [5, 5.41) is 10.2. The molecule has 2 aliphatic rings. The van der Waals surface area contributed by atoms with Crippen LogP contribution in [0.1, 0.15) is 40.7 Å². The first-order valence-electron chi connectivity index (χ1n) is 11.1. The summed E-state index contributed by atoms with van der Waals surface area (Å²) in [5.41, 5.74) is 2.77. The van der Waals surface area contributed by atoms with Gasteiger partial charge in [-0.2, -0.15) is 0 Å². The standard InChI is InChI=1S/C26H23N3O4/c30-23(31)16-29-25(32)20-10-4-3-9-19(20)21(26(29)33)15-18-14-17-8-2-5-11-22(17)27-24(18)28-12-6-1-7-13-28/h2-5,8-11,14-15H,1,6-7,12-13,16H2,(H,30,31). The van der Waals surface area contributed by atoms with E-state index >= 15 is 0 Å². The van der Waals surface area contributed by atoms with E-state index in [1.807, 2.05) is 30.3 Å². The predicted octanol–water partition coefficient (Wildman–Crippen LogP) is 3.83. The molecule has 0 spiro atoms. The number of carboxylic acids is 1. The number of hydrogen-bond acceptors (Lipinski definition) is 5. The minimum atomic E-state index is -1.24. The van der Waals surface area contributed by atoms with Crippen molar-refractivity contribution in [3.05, 3.63) is 71.3 Å². The van der Waals surface area contributed by atoms with Crippen molar-refractivity contribution in [2.24, 2.45) is 0 Å². The maximum atomic E-state index is 13.3. The van der Waals surface area contributed by atoms with Crippen LogP contribution in [0, 0.1) is 0 Å². The fraction of sp³-hybridized carbons (Fsp3) is 0.231. The van der Waals surface area contributed by atoms with Gasteiger partial charge in [0.25, 0.3) is 11.8 Å². The van der Waals surface area contributed by atoms with E-state index in [0.717, 1.165) is 53.1 Å². The summed E-state index contributed by atoms with van der Waals surface area (Å²) in [6, 6.07) is 16.7. The molecule has 7 nitrogen and oxygen atoms in total. The maximum absolute atomic E-state index is 13.3. The number of pyridine rings is 1. The number of aromatic nitrogens is 1. The number of para-hydroxylation sites is 1. The Bertz CT molecular complexity index is 1310. The van der Waals surface area contributed by atoms with Crippen LogP contribution in [-0.4, -0.2) is 52.4 Å². The number of nitrogens with zero attached hydrogens (tertiary/aromatic N) is 3. The molecule has 7 heteroatoms. The predicted molar refractivity (Wildman–Crippen MR) is 126 cm³/mol. The van der Waals surface area contributed by atoms with Crippen molar-refractivity contribution in [1.82, 2.24) is 9.88 Å². The third-order valence-corrected chi connectivity index (χ3v) is 6.15. The largest absolute Gasteiger partial charge is 0.480 e. The van der Waals surface area contributed by atoms with E-state index < -0.39 is 24.3 Å².